The Balaban J connectivity index is 3.22. The van der Waals surface area contributed by atoms with E-state index in [9.17, 15) is 9.59 Å². The average Bonchev–Trinajstić information content (AvgIpc) is 2.10. The van der Waals surface area contributed by atoms with Gasteiger partial charge in [0.25, 0.3) is 5.56 Å². The Morgan fingerprint density at radius 3 is 2.77 bits per heavy atom. The van der Waals surface area contributed by atoms with E-state index in [0.717, 1.165) is 0 Å². The van der Waals surface area contributed by atoms with E-state index in [1.54, 1.807) is 0 Å². The predicted molar refractivity (Wildman–Crippen MR) is 47.9 cm³/mol. The second-order valence-corrected chi connectivity index (χ2v) is 2.41. The van der Waals surface area contributed by atoms with Crippen LogP contribution < -0.4 is 22.5 Å². The molecule has 0 saturated carbocycles. The third kappa shape index (κ3) is 1.92. The van der Waals surface area contributed by atoms with Crippen LogP contribution in [0.5, 0.6) is 0 Å². The zero-order valence-electron chi connectivity index (χ0n) is 6.83. The Morgan fingerprint density at radius 1 is 1.62 bits per heavy atom. The molecule has 6 nitrogen and oxygen atoms in total. The van der Waals surface area contributed by atoms with Gasteiger partial charge in [0.05, 0.1) is 11.6 Å². The highest BCUT2D eigenvalue weighted by Crippen LogP contribution is 2.03. The van der Waals surface area contributed by atoms with Gasteiger partial charge in [0, 0.05) is 6.20 Å². The van der Waals surface area contributed by atoms with Gasteiger partial charge < -0.3 is 4.98 Å². The molecule has 0 fully saturated rings. The van der Waals surface area contributed by atoms with Crippen molar-refractivity contribution in [2.75, 3.05) is 0 Å². The Kier molecular flexibility index (Phi) is 2.78. The number of H-pyrrole nitrogens is 2. The van der Waals surface area contributed by atoms with Crippen molar-refractivity contribution in [1.29, 1.82) is 0 Å². The molecule has 0 aromatic carbocycles. The summed E-state index contributed by atoms with van der Waals surface area (Å²) in [6.07, 6.45) is 2.76. The Morgan fingerprint density at radius 2 is 2.31 bits per heavy atom. The van der Waals surface area contributed by atoms with E-state index >= 15 is 0 Å². The van der Waals surface area contributed by atoms with Crippen molar-refractivity contribution in [3.63, 3.8) is 0 Å². The number of hydrazine groups is 1. The summed E-state index contributed by atoms with van der Waals surface area (Å²) in [7, 11) is 0. The first kappa shape index (κ1) is 9.43. The molecule has 1 rings (SSSR count). The SMILES string of the molecule is C=CC(NN)c1c[nH]c(=O)[nH]c1=O. The summed E-state index contributed by atoms with van der Waals surface area (Å²) in [5.41, 5.74) is 1.66. The lowest BCUT2D eigenvalue weighted by Crippen LogP contribution is -2.33. The van der Waals surface area contributed by atoms with Gasteiger partial charge in [-0.3, -0.25) is 15.6 Å². The van der Waals surface area contributed by atoms with Crippen LogP contribution in [-0.2, 0) is 0 Å². The molecule has 0 amide bonds. The van der Waals surface area contributed by atoms with Crippen LogP contribution >= 0.6 is 0 Å². The van der Waals surface area contributed by atoms with Crippen molar-refractivity contribution in [2.45, 2.75) is 6.04 Å². The first-order valence-corrected chi connectivity index (χ1v) is 3.59. The Labute approximate surface area is 73.5 Å². The minimum Gasteiger partial charge on any atom is -0.314 e. The van der Waals surface area contributed by atoms with Crippen molar-refractivity contribution < 1.29 is 0 Å². The molecule has 0 bridgehead atoms. The maximum absolute atomic E-state index is 11.2. The normalized spacial score (nSPS) is 12.4. The fourth-order valence-electron chi connectivity index (χ4n) is 0.936. The van der Waals surface area contributed by atoms with Gasteiger partial charge in [-0.2, -0.15) is 0 Å². The summed E-state index contributed by atoms with van der Waals surface area (Å²) in [5, 5.41) is 0. The summed E-state index contributed by atoms with van der Waals surface area (Å²) in [6, 6.07) is -0.472. The summed E-state index contributed by atoms with van der Waals surface area (Å²) in [4.78, 5) is 26.2. The molecule has 1 aromatic rings. The van der Waals surface area contributed by atoms with Crippen molar-refractivity contribution in [3.8, 4) is 0 Å². The lowest BCUT2D eigenvalue weighted by Gasteiger charge is -2.08. The average molecular weight is 182 g/mol. The van der Waals surface area contributed by atoms with E-state index in [4.69, 9.17) is 5.84 Å². The van der Waals surface area contributed by atoms with Gasteiger partial charge >= 0.3 is 5.69 Å². The first-order chi connectivity index (χ1) is 6.19. The van der Waals surface area contributed by atoms with Gasteiger partial charge in [0.15, 0.2) is 0 Å². The zero-order chi connectivity index (χ0) is 9.84. The second-order valence-electron chi connectivity index (χ2n) is 2.41. The summed E-state index contributed by atoms with van der Waals surface area (Å²) < 4.78 is 0. The fourth-order valence-corrected chi connectivity index (χ4v) is 0.936. The minimum absolute atomic E-state index is 0.317. The first-order valence-electron chi connectivity index (χ1n) is 3.59. The lowest BCUT2D eigenvalue weighted by atomic mass is 10.1. The van der Waals surface area contributed by atoms with Crippen molar-refractivity contribution in [1.82, 2.24) is 15.4 Å². The zero-order valence-corrected chi connectivity index (χ0v) is 6.83. The molecule has 0 radical (unpaired) electrons. The fraction of sp³-hybridized carbons (Fsp3) is 0.143. The molecular formula is C7H10N4O2. The van der Waals surface area contributed by atoms with Crippen LogP contribution in [0.3, 0.4) is 0 Å². The molecule has 0 aliphatic heterocycles. The topological polar surface area (TPSA) is 104 Å². The number of nitrogens with one attached hydrogen (secondary N) is 3. The molecule has 5 N–H and O–H groups in total. The van der Waals surface area contributed by atoms with Crippen LogP contribution in [0.4, 0.5) is 0 Å². The number of rotatable bonds is 3. The highest BCUT2D eigenvalue weighted by Gasteiger charge is 2.08. The molecule has 13 heavy (non-hydrogen) atoms. The molecule has 6 heteroatoms. The van der Waals surface area contributed by atoms with Gasteiger partial charge in [-0.1, -0.05) is 6.08 Å². The van der Waals surface area contributed by atoms with Gasteiger partial charge in [-0.05, 0) is 0 Å². The van der Waals surface area contributed by atoms with E-state index in [0.29, 0.717) is 5.56 Å². The van der Waals surface area contributed by atoms with Crippen molar-refractivity contribution >= 4 is 0 Å². The molecular weight excluding hydrogens is 172 g/mol. The molecule has 1 atom stereocenters. The van der Waals surface area contributed by atoms with Gasteiger partial charge in [0.1, 0.15) is 0 Å². The van der Waals surface area contributed by atoms with Crippen molar-refractivity contribution in [2.24, 2.45) is 5.84 Å². The van der Waals surface area contributed by atoms with Crippen LogP contribution in [0.25, 0.3) is 0 Å². The third-order valence-corrected chi connectivity index (χ3v) is 1.60. The van der Waals surface area contributed by atoms with Crippen LogP contribution in [0.15, 0.2) is 28.4 Å². The smallest absolute Gasteiger partial charge is 0.314 e. The quantitative estimate of drug-likeness (QED) is 0.266. The lowest BCUT2D eigenvalue weighted by molar-refractivity contribution is 0.644. The van der Waals surface area contributed by atoms with E-state index < -0.39 is 17.3 Å². The van der Waals surface area contributed by atoms with E-state index in [1.165, 1.54) is 12.3 Å². The Bertz CT molecular complexity index is 405. The molecule has 0 aliphatic rings. The van der Waals surface area contributed by atoms with Gasteiger partial charge in [-0.15, -0.1) is 6.58 Å². The van der Waals surface area contributed by atoms with Crippen LogP contribution in [0.2, 0.25) is 0 Å². The largest absolute Gasteiger partial charge is 0.325 e. The highest BCUT2D eigenvalue weighted by atomic mass is 16.2. The second kappa shape index (κ2) is 3.83. The molecule has 70 valence electrons. The van der Waals surface area contributed by atoms with Gasteiger partial charge in [-0.25, -0.2) is 10.2 Å². The van der Waals surface area contributed by atoms with Crippen molar-refractivity contribution in [3.05, 3.63) is 45.3 Å². The van der Waals surface area contributed by atoms with Crippen LogP contribution in [0, 0.1) is 0 Å². The third-order valence-electron chi connectivity index (χ3n) is 1.60. The summed E-state index contributed by atoms with van der Waals surface area (Å²) in [6.45, 7) is 3.48. The molecule has 1 aromatic heterocycles. The number of hydrogen-bond donors (Lipinski definition) is 4. The standard InChI is InChI=1S/C7H10N4O2/c1-2-5(11-8)4-3-9-7(13)10-6(4)12/h2-3,5,11H,1,8H2,(H2,9,10,12,13). The highest BCUT2D eigenvalue weighted by molar-refractivity contribution is 5.14. The molecule has 1 heterocycles. The van der Waals surface area contributed by atoms with Crippen LogP contribution in [-0.4, -0.2) is 9.97 Å². The maximum atomic E-state index is 11.2. The molecule has 1 unspecified atom stereocenters. The monoisotopic (exact) mass is 182 g/mol. The van der Waals surface area contributed by atoms with Crippen LogP contribution in [0.1, 0.15) is 11.6 Å². The predicted octanol–water partition coefficient (Wildman–Crippen LogP) is -1.25. The minimum atomic E-state index is -0.548. The summed E-state index contributed by atoms with van der Waals surface area (Å²) >= 11 is 0. The number of aromatic amines is 2. The number of aromatic nitrogens is 2. The number of hydrogen-bond acceptors (Lipinski definition) is 4. The molecule has 0 aliphatic carbocycles. The summed E-state index contributed by atoms with van der Waals surface area (Å²) in [5.74, 6) is 5.16. The number of nitrogens with two attached hydrogens (primary N) is 1. The van der Waals surface area contributed by atoms with E-state index in [2.05, 4.69) is 22.0 Å². The van der Waals surface area contributed by atoms with Gasteiger partial charge in [0.2, 0.25) is 0 Å². The van der Waals surface area contributed by atoms with E-state index in [-0.39, 0.29) is 0 Å². The Hall–Kier alpha value is -1.66. The maximum Gasteiger partial charge on any atom is 0.325 e. The van der Waals surface area contributed by atoms with E-state index in [1.807, 2.05) is 0 Å². The molecule has 0 saturated heterocycles. The molecule has 0 spiro atoms.